The number of hydrogen-bond acceptors (Lipinski definition) is 5. The summed E-state index contributed by atoms with van der Waals surface area (Å²) in [6, 6.07) is 14.6. The molecular formula is C24H19ClN4O2S. The molecule has 0 saturated carbocycles. The second-order valence-electron chi connectivity index (χ2n) is 7.63. The van der Waals surface area contributed by atoms with Crippen LogP contribution >= 0.6 is 22.9 Å². The summed E-state index contributed by atoms with van der Waals surface area (Å²) in [6.45, 7) is 1.76. The zero-order valence-corrected chi connectivity index (χ0v) is 18.8. The molecule has 1 aliphatic rings. The zero-order valence-electron chi connectivity index (χ0n) is 17.2. The number of benzene rings is 2. The van der Waals surface area contributed by atoms with Crippen LogP contribution in [0.4, 0.5) is 10.8 Å². The molecule has 160 valence electrons. The molecule has 0 atom stereocenters. The van der Waals surface area contributed by atoms with E-state index in [1.807, 2.05) is 36.4 Å². The maximum Gasteiger partial charge on any atom is 0.267 e. The van der Waals surface area contributed by atoms with Crippen molar-refractivity contribution >= 4 is 56.5 Å². The Morgan fingerprint density at radius 3 is 2.62 bits per heavy atom. The summed E-state index contributed by atoms with van der Waals surface area (Å²) in [6.07, 6.45) is 2.62. The van der Waals surface area contributed by atoms with Crippen molar-refractivity contribution in [3.8, 4) is 0 Å². The number of aryl methyl sites for hydroxylation is 2. The standard InChI is InChI=1S/C24H19ClN4O2S/c1-13-21(23(31)27-15-6-3-2-4-7-15)32-24(26-13)29-22(30)20-16-8-5-9-18(16)28-19-11-10-14(25)12-17(19)20/h2-4,6-7,10-12H,5,8-9H2,1H3,(H,27,31)(H,26,29,30). The minimum absolute atomic E-state index is 0.256. The normalized spacial score (nSPS) is 12.6. The lowest BCUT2D eigenvalue weighted by Gasteiger charge is -2.12. The first-order chi connectivity index (χ1) is 15.5. The lowest BCUT2D eigenvalue weighted by atomic mass is 10.0. The highest BCUT2D eigenvalue weighted by molar-refractivity contribution is 7.17. The van der Waals surface area contributed by atoms with Crippen LogP contribution in [0.5, 0.6) is 0 Å². The van der Waals surface area contributed by atoms with E-state index >= 15 is 0 Å². The summed E-state index contributed by atoms with van der Waals surface area (Å²) in [7, 11) is 0. The number of fused-ring (bicyclic) bond motifs is 2. The second kappa shape index (κ2) is 8.33. The van der Waals surface area contributed by atoms with E-state index in [-0.39, 0.29) is 11.8 Å². The van der Waals surface area contributed by atoms with Gasteiger partial charge in [0.2, 0.25) is 0 Å². The Kier molecular flexibility index (Phi) is 5.36. The molecule has 0 fully saturated rings. The summed E-state index contributed by atoms with van der Waals surface area (Å²) >= 11 is 7.37. The predicted octanol–water partition coefficient (Wildman–Crippen LogP) is 5.65. The number of halogens is 1. The number of nitrogens with zero attached hydrogens (tertiary/aromatic N) is 2. The number of rotatable bonds is 4. The molecule has 5 rings (SSSR count). The number of thiazole rings is 1. The Bertz CT molecular complexity index is 1370. The second-order valence-corrected chi connectivity index (χ2v) is 9.07. The number of amides is 2. The van der Waals surface area contributed by atoms with Crippen LogP contribution in [0.3, 0.4) is 0 Å². The van der Waals surface area contributed by atoms with Crippen LogP contribution in [0.2, 0.25) is 5.02 Å². The lowest BCUT2D eigenvalue weighted by molar-refractivity contribution is 0.102. The van der Waals surface area contributed by atoms with E-state index in [1.165, 1.54) is 0 Å². The quantitative estimate of drug-likeness (QED) is 0.410. The Morgan fingerprint density at radius 2 is 1.81 bits per heavy atom. The van der Waals surface area contributed by atoms with E-state index in [0.29, 0.717) is 32.0 Å². The van der Waals surface area contributed by atoms with Gasteiger partial charge in [0.1, 0.15) is 4.88 Å². The molecule has 2 aromatic carbocycles. The highest BCUT2D eigenvalue weighted by atomic mass is 35.5. The van der Waals surface area contributed by atoms with Gasteiger partial charge in [-0.15, -0.1) is 0 Å². The molecule has 2 N–H and O–H groups in total. The van der Waals surface area contributed by atoms with Gasteiger partial charge in [0.05, 0.1) is 16.8 Å². The lowest BCUT2D eigenvalue weighted by Crippen LogP contribution is -2.15. The van der Waals surface area contributed by atoms with E-state index < -0.39 is 0 Å². The van der Waals surface area contributed by atoms with Gasteiger partial charge in [-0.1, -0.05) is 41.1 Å². The molecule has 0 spiro atoms. The molecule has 8 heteroatoms. The first-order valence-corrected chi connectivity index (χ1v) is 11.5. The van der Waals surface area contributed by atoms with Crippen LogP contribution in [-0.2, 0) is 12.8 Å². The van der Waals surface area contributed by atoms with Crippen LogP contribution in [-0.4, -0.2) is 21.8 Å². The van der Waals surface area contributed by atoms with Crippen LogP contribution in [0, 0.1) is 6.92 Å². The molecule has 0 radical (unpaired) electrons. The minimum Gasteiger partial charge on any atom is -0.321 e. The number of carbonyl (C=O) groups is 2. The first-order valence-electron chi connectivity index (χ1n) is 10.3. The molecule has 2 heterocycles. The molecule has 0 unspecified atom stereocenters. The molecule has 0 bridgehead atoms. The van der Waals surface area contributed by atoms with E-state index in [2.05, 4.69) is 15.6 Å². The number of para-hydroxylation sites is 1. The predicted molar refractivity (Wildman–Crippen MR) is 128 cm³/mol. The number of nitrogens with one attached hydrogen (secondary N) is 2. The molecule has 1 aliphatic carbocycles. The van der Waals surface area contributed by atoms with Crippen LogP contribution < -0.4 is 10.6 Å². The Hall–Kier alpha value is -3.29. The van der Waals surface area contributed by atoms with Gasteiger partial charge in [0.15, 0.2) is 5.13 Å². The molecule has 4 aromatic rings. The number of carbonyl (C=O) groups excluding carboxylic acids is 2. The van der Waals surface area contributed by atoms with E-state index in [0.717, 1.165) is 52.8 Å². The van der Waals surface area contributed by atoms with Crippen molar-refractivity contribution in [2.45, 2.75) is 26.2 Å². The minimum atomic E-state index is -0.262. The van der Waals surface area contributed by atoms with Gasteiger partial charge < -0.3 is 5.32 Å². The maximum absolute atomic E-state index is 13.4. The van der Waals surface area contributed by atoms with E-state index in [4.69, 9.17) is 16.6 Å². The molecule has 0 aliphatic heterocycles. The Labute approximate surface area is 193 Å². The third kappa shape index (κ3) is 3.85. The fourth-order valence-corrected chi connectivity index (χ4v) is 5.05. The largest absolute Gasteiger partial charge is 0.321 e. The summed E-state index contributed by atoms with van der Waals surface area (Å²) in [4.78, 5) is 35.7. The fourth-order valence-electron chi connectivity index (χ4n) is 4.02. The average molecular weight is 463 g/mol. The van der Waals surface area contributed by atoms with Gasteiger partial charge in [-0.05, 0) is 62.1 Å². The smallest absolute Gasteiger partial charge is 0.267 e. The molecule has 2 amide bonds. The highest BCUT2D eigenvalue weighted by Gasteiger charge is 2.25. The van der Waals surface area contributed by atoms with Crippen molar-refractivity contribution in [1.82, 2.24) is 9.97 Å². The van der Waals surface area contributed by atoms with Gasteiger partial charge in [-0.3, -0.25) is 19.9 Å². The SMILES string of the molecule is Cc1nc(NC(=O)c2c3c(nc4ccc(Cl)cc24)CCC3)sc1C(=O)Nc1ccccc1. The monoisotopic (exact) mass is 462 g/mol. The molecule has 32 heavy (non-hydrogen) atoms. The molecular weight excluding hydrogens is 444 g/mol. The number of aromatic nitrogens is 2. The number of anilines is 2. The molecule has 2 aromatic heterocycles. The Balaban J connectivity index is 1.45. The molecule has 6 nitrogen and oxygen atoms in total. The van der Waals surface area contributed by atoms with Crippen molar-refractivity contribution in [2.24, 2.45) is 0 Å². The van der Waals surface area contributed by atoms with Gasteiger partial charge >= 0.3 is 0 Å². The van der Waals surface area contributed by atoms with Crippen molar-refractivity contribution in [2.75, 3.05) is 10.6 Å². The van der Waals surface area contributed by atoms with Crippen LogP contribution in [0.15, 0.2) is 48.5 Å². The maximum atomic E-state index is 13.4. The number of hydrogen-bond donors (Lipinski definition) is 2. The summed E-state index contributed by atoms with van der Waals surface area (Å²) in [5.74, 6) is -0.518. The molecule has 0 saturated heterocycles. The van der Waals surface area contributed by atoms with Crippen molar-refractivity contribution in [3.05, 3.63) is 80.9 Å². The fraction of sp³-hybridized carbons (Fsp3) is 0.167. The summed E-state index contributed by atoms with van der Waals surface area (Å²) in [5, 5.41) is 7.41. The summed E-state index contributed by atoms with van der Waals surface area (Å²) in [5.41, 5.74) is 4.53. The zero-order chi connectivity index (χ0) is 22.2. The van der Waals surface area contributed by atoms with E-state index in [9.17, 15) is 9.59 Å². The average Bonchev–Trinajstić information content (AvgIpc) is 3.38. The van der Waals surface area contributed by atoms with Gasteiger partial charge in [-0.25, -0.2) is 4.98 Å². The van der Waals surface area contributed by atoms with Gasteiger partial charge in [-0.2, -0.15) is 0 Å². The van der Waals surface area contributed by atoms with Crippen LogP contribution in [0.1, 0.15) is 43.4 Å². The first kappa shape index (κ1) is 20.6. The van der Waals surface area contributed by atoms with Crippen molar-refractivity contribution < 1.29 is 9.59 Å². The van der Waals surface area contributed by atoms with Gasteiger partial charge in [0, 0.05) is 21.8 Å². The van der Waals surface area contributed by atoms with Gasteiger partial charge in [0.25, 0.3) is 11.8 Å². The third-order valence-electron chi connectivity index (χ3n) is 5.46. The van der Waals surface area contributed by atoms with Crippen LogP contribution in [0.25, 0.3) is 10.9 Å². The number of pyridine rings is 1. The highest BCUT2D eigenvalue weighted by Crippen LogP contribution is 2.33. The van der Waals surface area contributed by atoms with Crippen molar-refractivity contribution in [1.29, 1.82) is 0 Å². The topological polar surface area (TPSA) is 84.0 Å². The third-order valence-corrected chi connectivity index (χ3v) is 6.76. The van der Waals surface area contributed by atoms with E-state index in [1.54, 1.807) is 19.1 Å². The van der Waals surface area contributed by atoms with Crippen molar-refractivity contribution in [3.63, 3.8) is 0 Å². The summed E-state index contributed by atoms with van der Waals surface area (Å²) < 4.78 is 0. The Morgan fingerprint density at radius 1 is 1.00 bits per heavy atom.